The van der Waals surface area contributed by atoms with Gasteiger partial charge in [-0.05, 0) is 61.1 Å². The Labute approximate surface area is 287 Å². The summed E-state index contributed by atoms with van der Waals surface area (Å²) in [6.45, 7) is 7.51. The molecule has 2 aromatic carbocycles. The number of ketones is 1. The van der Waals surface area contributed by atoms with Gasteiger partial charge < -0.3 is 25.1 Å². The molecular formula is C40H58N2O6. The molecule has 0 aliphatic heterocycles. The Morgan fingerprint density at radius 1 is 0.583 bits per heavy atom. The minimum Gasteiger partial charge on any atom is -0.510 e. The van der Waals surface area contributed by atoms with Gasteiger partial charge in [-0.1, -0.05) is 102 Å². The molecular weight excluding hydrogens is 604 g/mol. The summed E-state index contributed by atoms with van der Waals surface area (Å²) in [5, 5.41) is 29.1. The van der Waals surface area contributed by atoms with Gasteiger partial charge in [0.1, 0.15) is 11.7 Å². The van der Waals surface area contributed by atoms with Crippen molar-refractivity contribution in [2.24, 2.45) is 0 Å². The van der Waals surface area contributed by atoms with E-state index in [2.05, 4.69) is 30.9 Å². The van der Waals surface area contributed by atoms with Crippen LogP contribution < -0.4 is 9.80 Å². The number of aliphatic carboxylic acids is 2. The van der Waals surface area contributed by atoms with Crippen LogP contribution in [0.25, 0.3) is 5.57 Å². The van der Waals surface area contributed by atoms with Crippen molar-refractivity contribution in [3.63, 3.8) is 0 Å². The Morgan fingerprint density at radius 3 is 1.40 bits per heavy atom. The molecule has 0 saturated heterocycles. The normalized spacial score (nSPS) is 14.2. The smallest absolute Gasteiger partial charge is 0.303 e. The van der Waals surface area contributed by atoms with Gasteiger partial charge >= 0.3 is 11.9 Å². The lowest BCUT2D eigenvalue weighted by Gasteiger charge is -2.30. The van der Waals surface area contributed by atoms with Crippen molar-refractivity contribution in [3.8, 4) is 0 Å². The van der Waals surface area contributed by atoms with Crippen LogP contribution in [-0.4, -0.2) is 59.2 Å². The second kappa shape index (κ2) is 21.2. The number of hydrogen-bond donors (Lipinski definition) is 3. The van der Waals surface area contributed by atoms with Crippen molar-refractivity contribution in [1.82, 2.24) is 0 Å². The average Bonchev–Trinajstić information content (AvgIpc) is 3.07. The molecule has 2 aromatic rings. The molecule has 1 aliphatic carbocycles. The highest BCUT2D eigenvalue weighted by atomic mass is 16.4. The van der Waals surface area contributed by atoms with Crippen molar-refractivity contribution < 1.29 is 29.7 Å². The Hall–Kier alpha value is -3.81. The Balaban J connectivity index is 1.66. The molecule has 1 aliphatic rings. The number of carbonyl (C=O) groups is 3. The van der Waals surface area contributed by atoms with Crippen molar-refractivity contribution in [2.75, 3.05) is 36.0 Å². The molecule has 8 heteroatoms. The highest BCUT2D eigenvalue weighted by Crippen LogP contribution is 2.43. The van der Waals surface area contributed by atoms with Crippen molar-refractivity contribution >= 4 is 34.7 Å². The second-order valence-corrected chi connectivity index (χ2v) is 13.2. The molecule has 0 fully saturated rings. The van der Waals surface area contributed by atoms with Gasteiger partial charge in [0.2, 0.25) is 0 Å². The van der Waals surface area contributed by atoms with E-state index in [4.69, 9.17) is 10.2 Å². The second-order valence-electron chi connectivity index (χ2n) is 13.2. The van der Waals surface area contributed by atoms with Crippen molar-refractivity contribution in [3.05, 3.63) is 65.4 Å². The van der Waals surface area contributed by atoms with E-state index < -0.39 is 17.9 Å². The lowest BCUT2D eigenvalue weighted by Crippen LogP contribution is -2.29. The van der Waals surface area contributed by atoms with E-state index in [9.17, 15) is 19.5 Å². The van der Waals surface area contributed by atoms with Gasteiger partial charge in [0.25, 0.3) is 0 Å². The summed E-state index contributed by atoms with van der Waals surface area (Å²) in [6.07, 6.45) is 16.1. The largest absolute Gasteiger partial charge is 0.510 e. The number of hydrogen-bond acceptors (Lipinski definition) is 6. The number of Topliss-reactive ketones (excluding diaryl/α,β-unsaturated/α-hetero) is 1. The first kappa shape index (κ1) is 38.6. The topological polar surface area (TPSA) is 118 Å². The summed E-state index contributed by atoms with van der Waals surface area (Å²) in [7, 11) is 0. The molecule has 264 valence electrons. The number of carbonyl (C=O) groups excluding carboxylic acids is 1. The first-order valence-corrected chi connectivity index (χ1v) is 18.4. The monoisotopic (exact) mass is 662 g/mol. The fourth-order valence-corrected chi connectivity index (χ4v) is 6.53. The van der Waals surface area contributed by atoms with E-state index >= 15 is 0 Å². The van der Waals surface area contributed by atoms with Gasteiger partial charge in [0.15, 0.2) is 5.78 Å². The minimum atomic E-state index is -0.871. The summed E-state index contributed by atoms with van der Waals surface area (Å²) >= 11 is 0. The SMILES string of the molecule is CCCCCCCCN(CCCCCCCC)c1ccc(C2C(=O)C(c3ccc(N(CCCC(=O)O)CCCC(=O)O)cc3)=C2O)cc1. The summed E-state index contributed by atoms with van der Waals surface area (Å²) in [5.41, 5.74) is 3.74. The molecule has 1 atom stereocenters. The summed E-state index contributed by atoms with van der Waals surface area (Å²) in [5.74, 6) is -2.43. The first-order valence-electron chi connectivity index (χ1n) is 18.4. The zero-order chi connectivity index (χ0) is 34.7. The first-order chi connectivity index (χ1) is 23.3. The Morgan fingerprint density at radius 2 is 0.979 bits per heavy atom. The van der Waals surface area contributed by atoms with E-state index in [0.717, 1.165) is 24.3 Å². The molecule has 0 spiro atoms. The number of benzene rings is 2. The highest BCUT2D eigenvalue weighted by molar-refractivity contribution is 6.31. The number of nitrogens with zero attached hydrogens (tertiary/aromatic N) is 2. The number of carboxylic acid groups (broad SMARTS) is 2. The predicted octanol–water partition coefficient (Wildman–Crippen LogP) is 9.39. The third-order valence-corrected chi connectivity index (χ3v) is 9.35. The summed E-state index contributed by atoms with van der Waals surface area (Å²) < 4.78 is 0. The summed E-state index contributed by atoms with van der Waals surface area (Å²) in [4.78, 5) is 39.8. The lowest BCUT2D eigenvalue weighted by molar-refractivity contribution is -0.138. The van der Waals surface area contributed by atoms with Crippen molar-refractivity contribution in [1.29, 1.82) is 0 Å². The molecule has 3 N–H and O–H groups in total. The number of allylic oxidation sites excluding steroid dienone is 2. The number of aliphatic hydroxyl groups excluding tert-OH is 1. The molecule has 0 bridgehead atoms. The maximum atomic E-state index is 13.4. The quantitative estimate of drug-likeness (QED) is 0.0853. The molecule has 0 heterocycles. The number of carboxylic acids is 2. The van der Waals surface area contributed by atoms with Crippen LogP contribution in [0.5, 0.6) is 0 Å². The maximum Gasteiger partial charge on any atom is 0.303 e. The molecule has 8 nitrogen and oxygen atoms in total. The summed E-state index contributed by atoms with van der Waals surface area (Å²) in [6, 6.07) is 15.4. The predicted molar refractivity (Wildman–Crippen MR) is 195 cm³/mol. The number of unbranched alkanes of at least 4 members (excludes halogenated alkanes) is 10. The Kier molecular flexibility index (Phi) is 17.1. The average molecular weight is 663 g/mol. The van der Waals surface area contributed by atoms with Crippen LogP contribution in [0.4, 0.5) is 11.4 Å². The highest BCUT2D eigenvalue weighted by Gasteiger charge is 2.41. The number of anilines is 2. The van der Waals surface area contributed by atoms with Crippen LogP contribution in [0.1, 0.15) is 134 Å². The lowest BCUT2D eigenvalue weighted by atomic mass is 9.75. The molecule has 1 unspecified atom stereocenters. The van der Waals surface area contributed by atoms with E-state index in [1.807, 2.05) is 29.2 Å². The molecule has 48 heavy (non-hydrogen) atoms. The maximum absolute atomic E-state index is 13.4. The van der Waals surface area contributed by atoms with Gasteiger partial charge in [0.05, 0.1) is 5.57 Å². The van der Waals surface area contributed by atoms with E-state index in [1.165, 1.54) is 82.7 Å². The van der Waals surface area contributed by atoms with Gasteiger partial charge in [-0.3, -0.25) is 14.4 Å². The van der Waals surface area contributed by atoms with E-state index in [1.54, 1.807) is 12.1 Å². The molecule has 0 aromatic heterocycles. The number of aliphatic hydroxyl groups is 1. The van der Waals surface area contributed by atoms with Gasteiger partial charge in [-0.15, -0.1) is 0 Å². The fraction of sp³-hybridized carbons (Fsp3) is 0.575. The zero-order valence-corrected chi connectivity index (χ0v) is 29.3. The minimum absolute atomic E-state index is 0.0292. The van der Waals surface area contributed by atoms with Gasteiger partial charge in [0, 0.05) is 50.4 Å². The fourth-order valence-electron chi connectivity index (χ4n) is 6.53. The van der Waals surface area contributed by atoms with E-state index in [-0.39, 0.29) is 24.4 Å². The molecule has 0 amide bonds. The molecule has 0 radical (unpaired) electrons. The Bertz CT molecular complexity index is 1270. The van der Waals surface area contributed by atoms with Crippen LogP contribution >= 0.6 is 0 Å². The van der Waals surface area contributed by atoms with Crippen LogP contribution in [0.15, 0.2) is 54.3 Å². The zero-order valence-electron chi connectivity index (χ0n) is 29.3. The standard InChI is InChI=1S/C40H58N2O6/c1-3-5-7-9-11-13-27-41(28-14-12-10-8-6-4-2)33-23-19-31(20-24-33)37-39(47)38(40(37)48)32-21-25-34(26-22-32)42(29-15-17-35(43)44)30-16-18-36(45)46/h19-26,37,47H,3-18,27-30H2,1-2H3,(H,43,44)(H,45,46). The van der Waals surface area contributed by atoms with Crippen LogP contribution in [-0.2, 0) is 14.4 Å². The van der Waals surface area contributed by atoms with Crippen LogP contribution in [0.2, 0.25) is 0 Å². The number of rotatable bonds is 26. The van der Waals surface area contributed by atoms with Crippen LogP contribution in [0.3, 0.4) is 0 Å². The molecule has 0 saturated carbocycles. The van der Waals surface area contributed by atoms with Gasteiger partial charge in [-0.2, -0.15) is 0 Å². The van der Waals surface area contributed by atoms with E-state index in [0.29, 0.717) is 37.1 Å². The molecule has 3 rings (SSSR count). The van der Waals surface area contributed by atoms with Crippen LogP contribution in [0, 0.1) is 0 Å². The third-order valence-electron chi connectivity index (χ3n) is 9.35. The van der Waals surface area contributed by atoms with Crippen molar-refractivity contribution in [2.45, 2.75) is 122 Å². The van der Waals surface area contributed by atoms with Gasteiger partial charge in [-0.25, -0.2) is 0 Å². The third kappa shape index (κ3) is 12.3.